The van der Waals surface area contributed by atoms with E-state index in [0.29, 0.717) is 68.3 Å². The lowest BCUT2D eigenvalue weighted by atomic mass is 10.1. The number of nitrogens with two attached hydrogens (primary N) is 1. The third-order valence-electron chi connectivity index (χ3n) is 5.72. The summed E-state index contributed by atoms with van der Waals surface area (Å²) in [5.74, 6) is 0.880. The van der Waals surface area contributed by atoms with Crippen molar-refractivity contribution in [2.75, 3.05) is 43.6 Å². The van der Waals surface area contributed by atoms with Crippen molar-refractivity contribution in [2.24, 2.45) is 0 Å². The fourth-order valence-corrected chi connectivity index (χ4v) is 4.84. The van der Waals surface area contributed by atoms with E-state index in [1.165, 1.54) is 10.6 Å². The van der Waals surface area contributed by atoms with E-state index in [2.05, 4.69) is 17.2 Å². The van der Waals surface area contributed by atoms with Gasteiger partial charge in [-0.2, -0.15) is 0 Å². The molecule has 3 rings (SSSR count). The molecule has 0 unspecified atom stereocenters. The lowest BCUT2D eigenvalue weighted by Crippen LogP contribution is -2.45. The summed E-state index contributed by atoms with van der Waals surface area (Å²) in [6.07, 6.45) is 4.33. The maximum absolute atomic E-state index is 13.0. The lowest BCUT2D eigenvalue weighted by Gasteiger charge is -2.32. The first-order valence-electron chi connectivity index (χ1n) is 9.93. The molecule has 0 bridgehead atoms. The molecule has 2 saturated heterocycles. The fourth-order valence-electron chi connectivity index (χ4n) is 3.96. The SMILES string of the molecule is C=C(Nc1c(C=N)c(N)c(C)c(=O)n1[C@@H]1CCOC1)NC1CCN(S(C)(=O)=O)CC1. The van der Waals surface area contributed by atoms with Crippen LogP contribution in [0.4, 0.5) is 11.5 Å². The van der Waals surface area contributed by atoms with Gasteiger partial charge in [-0.1, -0.05) is 6.58 Å². The molecule has 0 spiro atoms. The number of pyridine rings is 1. The summed E-state index contributed by atoms with van der Waals surface area (Å²) in [5.41, 5.74) is 7.00. The Morgan fingerprint density at radius 3 is 2.53 bits per heavy atom. The summed E-state index contributed by atoms with van der Waals surface area (Å²) in [4.78, 5) is 13.0. The van der Waals surface area contributed by atoms with Gasteiger partial charge in [0.2, 0.25) is 10.0 Å². The Morgan fingerprint density at radius 2 is 2.00 bits per heavy atom. The molecule has 5 N–H and O–H groups in total. The van der Waals surface area contributed by atoms with Crippen LogP contribution in [0.25, 0.3) is 0 Å². The van der Waals surface area contributed by atoms with Crippen molar-refractivity contribution in [3.63, 3.8) is 0 Å². The summed E-state index contributed by atoms with van der Waals surface area (Å²) in [5, 5.41) is 14.2. The number of hydrogen-bond donors (Lipinski definition) is 4. The number of ether oxygens (including phenoxy) is 1. The first kappa shape index (κ1) is 22.3. The first-order valence-corrected chi connectivity index (χ1v) is 11.8. The number of sulfonamides is 1. The van der Waals surface area contributed by atoms with Crippen LogP contribution in [0.2, 0.25) is 0 Å². The molecule has 0 saturated carbocycles. The van der Waals surface area contributed by atoms with Gasteiger partial charge in [-0.3, -0.25) is 9.36 Å². The molecular weight excluding hydrogens is 408 g/mol. The first-order chi connectivity index (χ1) is 14.1. The molecule has 1 aromatic heterocycles. The van der Waals surface area contributed by atoms with Gasteiger partial charge in [-0.05, 0) is 26.2 Å². The highest BCUT2D eigenvalue weighted by atomic mass is 32.2. The van der Waals surface area contributed by atoms with Crippen molar-refractivity contribution >= 4 is 27.7 Å². The largest absolute Gasteiger partial charge is 0.398 e. The van der Waals surface area contributed by atoms with Crippen molar-refractivity contribution in [3.05, 3.63) is 33.9 Å². The van der Waals surface area contributed by atoms with E-state index in [1.54, 1.807) is 11.5 Å². The number of rotatable bonds is 7. The van der Waals surface area contributed by atoms with Crippen LogP contribution in [-0.4, -0.2) is 62.1 Å². The molecule has 0 amide bonds. The topological polar surface area (TPSA) is 143 Å². The average Bonchev–Trinajstić information content (AvgIpc) is 3.20. The quantitative estimate of drug-likeness (QED) is 0.456. The minimum absolute atomic E-state index is 0.0456. The van der Waals surface area contributed by atoms with Crippen LogP contribution in [0.1, 0.15) is 36.4 Å². The van der Waals surface area contributed by atoms with Crippen LogP contribution in [0.5, 0.6) is 0 Å². The van der Waals surface area contributed by atoms with E-state index < -0.39 is 10.0 Å². The van der Waals surface area contributed by atoms with Crippen LogP contribution in [0.3, 0.4) is 0 Å². The van der Waals surface area contributed by atoms with Crippen LogP contribution < -0.4 is 21.9 Å². The van der Waals surface area contributed by atoms with Crippen LogP contribution in [0, 0.1) is 12.3 Å². The van der Waals surface area contributed by atoms with Gasteiger partial charge in [-0.25, -0.2) is 12.7 Å². The number of aromatic nitrogens is 1. The zero-order valence-electron chi connectivity index (χ0n) is 17.4. The highest BCUT2D eigenvalue weighted by Gasteiger charge is 2.27. The van der Waals surface area contributed by atoms with Gasteiger partial charge in [0.05, 0.1) is 36.0 Å². The zero-order valence-corrected chi connectivity index (χ0v) is 18.2. The predicted molar refractivity (Wildman–Crippen MR) is 118 cm³/mol. The second kappa shape index (κ2) is 8.78. The number of nitrogen functional groups attached to an aromatic ring is 1. The highest BCUT2D eigenvalue weighted by Crippen LogP contribution is 2.28. The number of anilines is 2. The number of piperidine rings is 1. The third kappa shape index (κ3) is 4.52. The molecule has 10 nitrogen and oxygen atoms in total. The van der Waals surface area contributed by atoms with Crippen molar-refractivity contribution in [1.82, 2.24) is 14.2 Å². The van der Waals surface area contributed by atoms with Gasteiger partial charge in [0.15, 0.2) is 0 Å². The third-order valence-corrected chi connectivity index (χ3v) is 7.02. The smallest absolute Gasteiger partial charge is 0.257 e. The Hall–Kier alpha value is -2.37. The molecule has 2 fully saturated rings. The van der Waals surface area contributed by atoms with Gasteiger partial charge in [0.1, 0.15) is 5.82 Å². The molecule has 30 heavy (non-hydrogen) atoms. The molecule has 1 atom stereocenters. The van der Waals surface area contributed by atoms with Gasteiger partial charge in [0, 0.05) is 37.5 Å². The summed E-state index contributed by atoms with van der Waals surface area (Å²) in [6, 6.07) is -0.104. The van der Waals surface area contributed by atoms with Crippen LogP contribution in [0.15, 0.2) is 17.2 Å². The molecule has 11 heteroatoms. The van der Waals surface area contributed by atoms with Crippen molar-refractivity contribution < 1.29 is 13.2 Å². The Labute approximate surface area is 176 Å². The summed E-state index contributed by atoms with van der Waals surface area (Å²) in [7, 11) is -3.19. The Morgan fingerprint density at radius 1 is 1.33 bits per heavy atom. The molecule has 1 aromatic rings. The fraction of sp³-hybridized carbons (Fsp3) is 0.579. The van der Waals surface area contributed by atoms with E-state index >= 15 is 0 Å². The molecule has 2 aliphatic rings. The highest BCUT2D eigenvalue weighted by molar-refractivity contribution is 7.88. The van der Waals surface area contributed by atoms with E-state index in [0.717, 1.165) is 6.21 Å². The molecule has 166 valence electrons. The van der Waals surface area contributed by atoms with Gasteiger partial charge in [0.25, 0.3) is 5.56 Å². The zero-order chi connectivity index (χ0) is 22.1. The van der Waals surface area contributed by atoms with Crippen LogP contribution >= 0.6 is 0 Å². The summed E-state index contributed by atoms with van der Waals surface area (Å²) in [6.45, 7) is 7.54. The lowest BCUT2D eigenvalue weighted by molar-refractivity contribution is 0.186. The van der Waals surface area contributed by atoms with Gasteiger partial charge < -0.3 is 26.5 Å². The molecule has 0 aliphatic carbocycles. The van der Waals surface area contributed by atoms with Gasteiger partial charge in [-0.15, -0.1) is 0 Å². The number of nitrogens with one attached hydrogen (secondary N) is 3. The van der Waals surface area contributed by atoms with E-state index in [-0.39, 0.29) is 23.3 Å². The molecule has 2 aliphatic heterocycles. The van der Waals surface area contributed by atoms with Crippen molar-refractivity contribution in [1.29, 1.82) is 5.41 Å². The second-order valence-electron chi connectivity index (χ2n) is 7.82. The molecule has 3 heterocycles. The molecular formula is C19H30N6O4S. The minimum atomic E-state index is -3.19. The monoisotopic (exact) mass is 438 g/mol. The number of nitrogens with zero attached hydrogens (tertiary/aromatic N) is 2. The number of hydrogen-bond acceptors (Lipinski definition) is 8. The Kier molecular flexibility index (Phi) is 6.53. The predicted octanol–water partition coefficient (Wildman–Crippen LogP) is 0.595. The van der Waals surface area contributed by atoms with E-state index in [1.807, 2.05) is 0 Å². The Balaban J connectivity index is 1.81. The average molecular weight is 439 g/mol. The maximum Gasteiger partial charge on any atom is 0.257 e. The maximum atomic E-state index is 13.0. The normalized spacial score (nSPS) is 20.8. The van der Waals surface area contributed by atoms with E-state index in [9.17, 15) is 13.2 Å². The van der Waals surface area contributed by atoms with Crippen molar-refractivity contribution in [2.45, 2.75) is 38.3 Å². The van der Waals surface area contributed by atoms with Gasteiger partial charge >= 0.3 is 0 Å². The molecule has 0 aromatic carbocycles. The second-order valence-corrected chi connectivity index (χ2v) is 9.80. The summed E-state index contributed by atoms with van der Waals surface area (Å²) < 4.78 is 31.9. The summed E-state index contributed by atoms with van der Waals surface area (Å²) >= 11 is 0. The minimum Gasteiger partial charge on any atom is -0.398 e. The van der Waals surface area contributed by atoms with Crippen LogP contribution in [-0.2, 0) is 14.8 Å². The molecule has 0 radical (unpaired) electrons. The Bertz CT molecular complexity index is 989. The standard InChI is InChI=1S/C19H30N6O4S/c1-12-17(21)16(10-20)18(25(19(12)26)15-6-9-29-11-15)23-13(2)22-14-4-7-24(8-5-14)30(3,27)28/h10,14-15,20,22-23H,2,4-9,11,21H2,1,3H3/t15-/m1/s1. The van der Waals surface area contributed by atoms with Crippen molar-refractivity contribution in [3.8, 4) is 0 Å². The van der Waals surface area contributed by atoms with E-state index in [4.69, 9.17) is 15.9 Å².